The van der Waals surface area contributed by atoms with Gasteiger partial charge in [-0.2, -0.15) is 5.10 Å². The molecule has 0 spiro atoms. The van der Waals surface area contributed by atoms with Crippen LogP contribution in [-0.2, 0) is 0 Å². The molecule has 88 valence electrons. The van der Waals surface area contributed by atoms with Crippen molar-refractivity contribution < 1.29 is 0 Å². The van der Waals surface area contributed by atoms with Gasteiger partial charge in [0.1, 0.15) is 0 Å². The molecule has 0 saturated heterocycles. The summed E-state index contributed by atoms with van der Waals surface area (Å²) in [6.45, 7) is 7.93. The van der Waals surface area contributed by atoms with Crippen LogP contribution in [0.2, 0.25) is 0 Å². The maximum Gasteiger partial charge on any atom is 0.252 e. The number of rotatable bonds is 4. The summed E-state index contributed by atoms with van der Waals surface area (Å²) in [7, 11) is 0. The van der Waals surface area contributed by atoms with Crippen LogP contribution in [0, 0.1) is 12.8 Å². The van der Waals surface area contributed by atoms with Gasteiger partial charge in [-0.1, -0.05) is 13.8 Å². The fourth-order valence-corrected chi connectivity index (χ4v) is 1.18. The second kappa shape index (κ2) is 5.44. The number of aromatic nitrogens is 2. The van der Waals surface area contributed by atoms with Crippen molar-refractivity contribution in [2.75, 3.05) is 5.43 Å². The van der Waals surface area contributed by atoms with Gasteiger partial charge in [0.25, 0.3) is 5.56 Å². The molecule has 5 nitrogen and oxygen atoms in total. The monoisotopic (exact) mass is 222 g/mol. The zero-order chi connectivity index (χ0) is 12.1. The lowest BCUT2D eigenvalue weighted by Gasteiger charge is -2.08. The first-order valence-corrected chi connectivity index (χ1v) is 5.41. The highest BCUT2D eigenvalue weighted by molar-refractivity contribution is 5.84. The highest BCUT2D eigenvalue weighted by Gasteiger charge is 2.02. The SMILES string of the molecule is CC[C@@H](C)/C(C)=N\Nc1nc(C)cc(=O)[nH]1. The van der Waals surface area contributed by atoms with Crippen LogP contribution in [-0.4, -0.2) is 15.7 Å². The molecule has 5 heteroatoms. The topological polar surface area (TPSA) is 70.1 Å². The van der Waals surface area contributed by atoms with Gasteiger partial charge in [0.15, 0.2) is 0 Å². The molecule has 0 aliphatic heterocycles. The molecular weight excluding hydrogens is 204 g/mol. The predicted octanol–water partition coefficient (Wildman–Crippen LogP) is 1.91. The Morgan fingerprint density at radius 3 is 2.94 bits per heavy atom. The lowest BCUT2D eigenvalue weighted by Crippen LogP contribution is -2.13. The first-order chi connectivity index (χ1) is 7.52. The summed E-state index contributed by atoms with van der Waals surface area (Å²) in [6.07, 6.45) is 1.04. The standard InChI is InChI=1S/C11H18N4O/c1-5-7(2)9(4)14-15-11-12-8(3)6-10(16)13-11/h6-7H,5H2,1-4H3,(H2,12,13,15,16)/b14-9-/t7-/m1/s1. The van der Waals surface area contributed by atoms with Gasteiger partial charge >= 0.3 is 0 Å². The molecule has 0 aliphatic rings. The van der Waals surface area contributed by atoms with Crippen LogP contribution in [0.4, 0.5) is 5.95 Å². The number of hydrazone groups is 1. The first kappa shape index (κ1) is 12.4. The number of aryl methyl sites for hydroxylation is 1. The molecule has 0 bridgehead atoms. The van der Waals surface area contributed by atoms with E-state index in [1.807, 2.05) is 6.92 Å². The Labute approximate surface area is 95.0 Å². The van der Waals surface area contributed by atoms with Gasteiger partial charge < -0.3 is 0 Å². The van der Waals surface area contributed by atoms with E-state index < -0.39 is 0 Å². The van der Waals surface area contributed by atoms with E-state index in [1.165, 1.54) is 6.07 Å². The molecule has 0 saturated carbocycles. The molecule has 1 heterocycles. The Morgan fingerprint density at radius 2 is 2.38 bits per heavy atom. The Morgan fingerprint density at radius 1 is 1.69 bits per heavy atom. The molecule has 0 aromatic carbocycles. The number of hydrogen-bond acceptors (Lipinski definition) is 4. The fourth-order valence-electron chi connectivity index (χ4n) is 1.18. The second-order valence-corrected chi connectivity index (χ2v) is 3.91. The van der Waals surface area contributed by atoms with E-state index in [-0.39, 0.29) is 5.56 Å². The minimum absolute atomic E-state index is 0.175. The molecule has 1 aromatic rings. The summed E-state index contributed by atoms with van der Waals surface area (Å²) >= 11 is 0. The van der Waals surface area contributed by atoms with Crippen LogP contribution in [0.15, 0.2) is 16.0 Å². The van der Waals surface area contributed by atoms with E-state index in [0.717, 1.165) is 12.1 Å². The van der Waals surface area contributed by atoms with Crippen molar-refractivity contribution in [3.8, 4) is 0 Å². The smallest absolute Gasteiger partial charge is 0.252 e. The van der Waals surface area contributed by atoms with Crippen molar-refractivity contribution >= 4 is 11.7 Å². The van der Waals surface area contributed by atoms with Crippen molar-refractivity contribution in [3.05, 3.63) is 22.1 Å². The molecule has 0 fully saturated rings. The van der Waals surface area contributed by atoms with Crippen molar-refractivity contribution in [2.45, 2.75) is 34.1 Å². The summed E-state index contributed by atoms with van der Waals surface area (Å²) in [5.74, 6) is 0.802. The quantitative estimate of drug-likeness (QED) is 0.604. The Hall–Kier alpha value is -1.65. The number of nitrogens with one attached hydrogen (secondary N) is 2. The average molecular weight is 222 g/mol. The van der Waals surface area contributed by atoms with Crippen LogP contribution < -0.4 is 11.0 Å². The summed E-state index contributed by atoms with van der Waals surface area (Å²) in [5.41, 5.74) is 4.25. The molecule has 16 heavy (non-hydrogen) atoms. The van der Waals surface area contributed by atoms with E-state index in [4.69, 9.17) is 0 Å². The van der Waals surface area contributed by atoms with E-state index in [0.29, 0.717) is 17.6 Å². The number of H-pyrrole nitrogens is 1. The van der Waals surface area contributed by atoms with Crippen LogP contribution >= 0.6 is 0 Å². The maximum absolute atomic E-state index is 11.2. The lowest BCUT2D eigenvalue weighted by atomic mass is 10.1. The van der Waals surface area contributed by atoms with E-state index in [1.54, 1.807) is 6.92 Å². The number of anilines is 1. The van der Waals surface area contributed by atoms with Gasteiger partial charge in [0, 0.05) is 17.5 Å². The van der Waals surface area contributed by atoms with E-state index in [9.17, 15) is 4.79 Å². The summed E-state index contributed by atoms with van der Waals surface area (Å²) < 4.78 is 0. The molecular formula is C11H18N4O. The largest absolute Gasteiger partial charge is 0.291 e. The second-order valence-electron chi connectivity index (χ2n) is 3.91. The molecule has 0 aliphatic carbocycles. The number of aromatic amines is 1. The van der Waals surface area contributed by atoms with E-state index >= 15 is 0 Å². The molecule has 0 unspecified atom stereocenters. The van der Waals surface area contributed by atoms with Crippen LogP contribution in [0.1, 0.15) is 32.9 Å². The van der Waals surface area contributed by atoms with Crippen molar-refractivity contribution in [1.29, 1.82) is 0 Å². The first-order valence-electron chi connectivity index (χ1n) is 5.41. The highest BCUT2D eigenvalue weighted by Crippen LogP contribution is 2.04. The fraction of sp³-hybridized carbons (Fsp3) is 0.545. The normalized spacial score (nSPS) is 13.6. The molecule has 0 amide bonds. The van der Waals surface area contributed by atoms with Crippen molar-refractivity contribution in [2.24, 2.45) is 11.0 Å². The van der Waals surface area contributed by atoms with E-state index in [2.05, 4.69) is 34.3 Å². The number of nitrogens with zero attached hydrogens (tertiary/aromatic N) is 2. The third-order valence-electron chi connectivity index (χ3n) is 2.53. The third-order valence-corrected chi connectivity index (χ3v) is 2.53. The van der Waals surface area contributed by atoms with Gasteiger partial charge in [-0.25, -0.2) is 10.4 Å². The Balaban J connectivity index is 2.78. The Kier molecular flexibility index (Phi) is 4.22. The minimum Gasteiger partial charge on any atom is -0.291 e. The average Bonchev–Trinajstić information content (AvgIpc) is 2.23. The predicted molar refractivity (Wildman–Crippen MR) is 65.8 cm³/mol. The van der Waals surface area contributed by atoms with Gasteiger partial charge in [0.2, 0.25) is 5.95 Å². The van der Waals surface area contributed by atoms with Crippen LogP contribution in [0.25, 0.3) is 0 Å². The van der Waals surface area contributed by atoms with Crippen LogP contribution in [0.3, 0.4) is 0 Å². The molecule has 2 N–H and O–H groups in total. The molecule has 0 radical (unpaired) electrons. The Bertz CT molecular complexity index is 436. The zero-order valence-electron chi connectivity index (χ0n) is 10.2. The summed E-state index contributed by atoms with van der Waals surface area (Å²) in [4.78, 5) is 17.9. The maximum atomic E-state index is 11.2. The lowest BCUT2D eigenvalue weighted by molar-refractivity contribution is 0.734. The molecule has 1 rings (SSSR count). The van der Waals surface area contributed by atoms with Crippen LogP contribution in [0.5, 0.6) is 0 Å². The molecule has 1 atom stereocenters. The summed E-state index contributed by atoms with van der Waals surface area (Å²) in [6, 6.07) is 1.44. The zero-order valence-corrected chi connectivity index (χ0v) is 10.2. The number of hydrogen-bond donors (Lipinski definition) is 2. The summed E-state index contributed by atoms with van der Waals surface area (Å²) in [5, 5.41) is 4.18. The van der Waals surface area contributed by atoms with Gasteiger partial charge in [-0.05, 0) is 26.2 Å². The van der Waals surface area contributed by atoms with Gasteiger partial charge in [-0.3, -0.25) is 9.78 Å². The van der Waals surface area contributed by atoms with Gasteiger partial charge in [0.05, 0.1) is 0 Å². The van der Waals surface area contributed by atoms with Crippen molar-refractivity contribution in [3.63, 3.8) is 0 Å². The van der Waals surface area contributed by atoms with Gasteiger partial charge in [-0.15, -0.1) is 0 Å². The molecule has 1 aromatic heterocycles. The van der Waals surface area contributed by atoms with Crippen molar-refractivity contribution in [1.82, 2.24) is 9.97 Å². The minimum atomic E-state index is -0.175. The third kappa shape index (κ3) is 3.49. The highest BCUT2D eigenvalue weighted by atomic mass is 16.1.